The highest BCUT2D eigenvalue weighted by Gasteiger charge is 2.27. The Labute approximate surface area is 211 Å². The van der Waals surface area contributed by atoms with E-state index in [2.05, 4.69) is 68.4 Å². The van der Waals surface area contributed by atoms with Crippen LogP contribution in [0.3, 0.4) is 0 Å². The van der Waals surface area contributed by atoms with E-state index in [9.17, 15) is 4.79 Å². The van der Waals surface area contributed by atoms with Crippen molar-refractivity contribution >= 4 is 22.5 Å². The van der Waals surface area contributed by atoms with Gasteiger partial charge in [0.25, 0.3) is 11.5 Å². The Morgan fingerprint density at radius 3 is 2.58 bits per heavy atom. The van der Waals surface area contributed by atoms with E-state index >= 15 is 0 Å². The van der Waals surface area contributed by atoms with Crippen LogP contribution in [-0.4, -0.2) is 30.9 Å². The number of hydrogen-bond acceptors (Lipinski definition) is 6. The first-order chi connectivity index (χ1) is 17.0. The van der Waals surface area contributed by atoms with Crippen molar-refractivity contribution in [3.63, 3.8) is 0 Å². The molecule has 5 rings (SSSR count). The van der Waals surface area contributed by atoms with Crippen LogP contribution in [0.15, 0.2) is 47.4 Å². The fraction of sp³-hybridized carbons (Fsp3) is 0.429. The van der Waals surface area contributed by atoms with Gasteiger partial charge in [0.15, 0.2) is 5.65 Å². The Morgan fingerprint density at radius 2 is 1.86 bits per heavy atom. The summed E-state index contributed by atoms with van der Waals surface area (Å²) in [4.78, 5) is 27.6. The number of benzene rings is 1. The monoisotopic (exact) mass is 485 g/mol. The second kappa shape index (κ2) is 8.55. The van der Waals surface area contributed by atoms with Gasteiger partial charge >= 0.3 is 0 Å². The molecule has 188 valence electrons. The summed E-state index contributed by atoms with van der Waals surface area (Å²) in [7, 11) is 0. The number of pyridine rings is 1. The van der Waals surface area contributed by atoms with Gasteiger partial charge in [-0.1, -0.05) is 40.7 Å². The molecule has 8 nitrogen and oxygen atoms in total. The summed E-state index contributed by atoms with van der Waals surface area (Å²) in [5.74, 6) is 1.10. The second-order valence-electron chi connectivity index (χ2n) is 11.6. The van der Waals surface area contributed by atoms with Crippen molar-refractivity contribution in [2.45, 2.75) is 71.9 Å². The maximum absolute atomic E-state index is 13.4. The highest BCUT2D eigenvalue weighted by Crippen LogP contribution is 2.32. The van der Waals surface area contributed by atoms with Gasteiger partial charge < -0.3 is 10.6 Å². The Balaban J connectivity index is 1.61. The summed E-state index contributed by atoms with van der Waals surface area (Å²) < 4.78 is 3.43. The molecule has 36 heavy (non-hydrogen) atoms. The minimum Gasteiger partial charge on any atom is -0.340 e. The molecule has 0 unspecified atom stereocenters. The average molecular weight is 486 g/mol. The van der Waals surface area contributed by atoms with Gasteiger partial charge in [-0.05, 0) is 55.3 Å². The molecular weight excluding hydrogens is 450 g/mol. The molecule has 0 fully saturated rings. The predicted molar refractivity (Wildman–Crippen MR) is 144 cm³/mol. The number of aromatic nitrogens is 5. The van der Waals surface area contributed by atoms with Crippen LogP contribution in [0.2, 0.25) is 0 Å². The van der Waals surface area contributed by atoms with Gasteiger partial charge in [0.05, 0.1) is 11.1 Å². The highest BCUT2D eigenvalue weighted by molar-refractivity contribution is 5.79. The first kappa shape index (κ1) is 24.2. The van der Waals surface area contributed by atoms with Crippen LogP contribution in [0.25, 0.3) is 17.0 Å². The molecule has 2 N–H and O–H groups in total. The van der Waals surface area contributed by atoms with Gasteiger partial charge in [-0.2, -0.15) is 4.68 Å². The molecule has 0 spiro atoms. The van der Waals surface area contributed by atoms with Crippen molar-refractivity contribution in [2.24, 2.45) is 0 Å². The zero-order chi connectivity index (χ0) is 25.8. The Morgan fingerprint density at radius 1 is 1.08 bits per heavy atom. The third-order valence-corrected chi connectivity index (χ3v) is 6.81. The number of nitrogens with zero attached hydrogens (tertiary/aromatic N) is 5. The summed E-state index contributed by atoms with van der Waals surface area (Å²) in [5.41, 5.74) is 4.89. The normalized spacial score (nSPS) is 15.3. The molecular formula is C28H35N7O. The van der Waals surface area contributed by atoms with Gasteiger partial charge in [0.2, 0.25) is 0 Å². The van der Waals surface area contributed by atoms with Crippen molar-refractivity contribution < 1.29 is 0 Å². The fourth-order valence-corrected chi connectivity index (χ4v) is 4.92. The molecule has 0 bridgehead atoms. The minimum absolute atomic E-state index is 0.0958. The maximum Gasteiger partial charge on any atom is 0.276 e. The lowest BCUT2D eigenvalue weighted by Crippen LogP contribution is -2.38. The summed E-state index contributed by atoms with van der Waals surface area (Å²) in [6, 6.07) is 12.0. The molecule has 0 saturated carbocycles. The van der Waals surface area contributed by atoms with Crippen LogP contribution in [0.1, 0.15) is 71.3 Å². The molecule has 4 aromatic rings. The molecule has 8 heteroatoms. The van der Waals surface area contributed by atoms with Crippen LogP contribution in [0, 0.1) is 0 Å². The van der Waals surface area contributed by atoms with E-state index in [-0.39, 0.29) is 22.4 Å². The Hall–Kier alpha value is -3.52. The van der Waals surface area contributed by atoms with Gasteiger partial charge in [-0.15, -0.1) is 0 Å². The predicted octanol–water partition coefficient (Wildman–Crippen LogP) is 4.98. The number of rotatable bonds is 4. The van der Waals surface area contributed by atoms with E-state index in [1.807, 2.05) is 32.0 Å². The average Bonchev–Trinajstić information content (AvgIpc) is 3.10. The molecule has 0 aliphatic carbocycles. The number of fused-ring (bicyclic) bond motifs is 2. The topological polar surface area (TPSA) is 89.7 Å². The first-order valence-corrected chi connectivity index (χ1v) is 12.5. The van der Waals surface area contributed by atoms with E-state index in [4.69, 9.17) is 9.97 Å². The summed E-state index contributed by atoms with van der Waals surface area (Å²) in [6.45, 7) is 16.6. The Kier molecular flexibility index (Phi) is 5.75. The third kappa shape index (κ3) is 4.19. The Bertz CT molecular complexity index is 1500. The molecule has 0 saturated heterocycles. The molecule has 4 heterocycles. The van der Waals surface area contributed by atoms with E-state index in [0.29, 0.717) is 22.8 Å². The smallest absolute Gasteiger partial charge is 0.276 e. The zero-order valence-corrected chi connectivity index (χ0v) is 22.2. The van der Waals surface area contributed by atoms with Gasteiger partial charge in [-0.25, -0.2) is 19.6 Å². The van der Waals surface area contributed by atoms with E-state index < -0.39 is 0 Å². The van der Waals surface area contributed by atoms with Crippen molar-refractivity contribution in [1.29, 1.82) is 0 Å². The van der Waals surface area contributed by atoms with Crippen molar-refractivity contribution in [2.75, 3.05) is 11.9 Å². The standard InChI is InChI=1S/C28H35N7O/c1-17(2)34-25(36)20-9-11-23(31-19-8-10-21-18(14-19)15-29-16-28(21,6)7)33-24(20)35(34)26-30-13-12-22(32-26)27(3,4)5/h8-14,17,29H,15-16H2,1-7H3,(H,31,33). The maximum atomic E-state index is 13.4. The number of nitrogens with one attached hydrogen (secondary N) is 2. The van der Waals surface area contributed by atoms with Gasteiger partial charge in [0, 0.05) is 41.8 Å². The van der Waals surface area contributed by atoms with E-state index in [1.54, 1.807) is 15.6 Å². The number of anilines is 2. The van der Waals surface area contributed by atoms with Gasteiger partial charge in [-0.3, -0.25) is 4.79 Å². The van der Waals surface area contributed by atoms with Crippen LogP contribution >= 0.6 is 0 Å². The third-order valence-electron chi connectivity index (χ3n) is 6.81. The van der Waals surface area contributed by atoms with Crippen LogP contribution in [0.4, 0.5) is 11.5 Å². The molecule has 1 aromatic carbocycles. The first-order valence-electron chi connectivity index (χ1n) is 12.5. The molecule has 1 aliphatic rings. The molecule has 3 aromatic heterocycles. The zero-order valence-electron chi connectivity index (χ0n) is 22.2. The van der Waals surface area contributed by atoms with Crippen molar-refractivity contribution in [3.8, 4) is 5.95 Å². The summed E-state index contributed by atoms with van der Waals surface area (Å²) in [5, 5.41) is 7.49. The van der Waals surface area contributed by atoms with Crippen molar-refractivity contribution in [1.82, 2.24) is 29.6 Å². The van der Waals surface area contributed by atoms with Crippen molar-refractivity contribution in [3.05, 3.63) is 69.8 Å². The minimum atomic E-state index is -0.153. The second-order valence-corrected chi connectivity index (χ2v) is 11.6. The lowest BCUT2D eigenvalue weighted by atomic mass is 9.79. The summed E-state index contributed by atoms with van der Waals surface area (Å²) >= 11 is 0. The lowest BCUT2D eigenvalue weighted by Gasteiger charge is -2.33. The van der Waals surface area contributed by atoms with Crippen LogP contribution < -0.4 is 16.2 Å². The van der Waals surface area contributed by atoms with Crippen LogP contribution in [0.5, 0.6) is 0 Å². The van der Waals surface area contributed by atoms with E-state index in [0.717, 1.165) is 24.5 Å². The molecule has 0 amide bonds. The largest absolute Gasteiger partial charge is 0.340 e. The van der Waals surface area contributed by atoms with Crippen LogP contribution in [-0.2, 0) is 17.4 Å². The lowest BCUT2D eigenvalue weighted by molar-refractivity contribution is 0.435. The summed E-state index contributed by atoms with van der Waals surface area (Å²) in [6.07, 6.45) is 1.74. The molecule has 1 aliphatic heterocycles. The number of hydrogen-bond donors (Lipinski definition) is 2. The molecule has 0 atom stereocenters. The SMILES string of the molecule is CC(C)n1c(=O)c2ccc(Nc3ccc4c(c3)CNCC4(C)C)nc2n1-c1nccc(C(C)(C)C)n1. The fourth-order valence-electron chi connectivity index (χ4n) is 4.92. The van der Waals surface area contributed by atoms with E-state index in [1.165, 1.54) is 11.1 Å². The quantitative estimate of drug-likeness (QED) is 0.424. The highest BCUT2D eigenvalue weighted by atomic mass is 16.1. The molecule has 0 radical (unpaired) electrons. The van der Waals surface area contributed by atoms with Gasteiger partial charge in [0.1, 0.15) is 5.82 Å².